The topological polar surface area (TPSA) is 12.0 Å². The quantitative estimate of drug-likeness (QED) is 0.771. The van der Waals surface area contributed by atoms with Crippen molar-refractivity contribution in [1.29, 1.82) is 0 Å². The summed E-state index contributed by atoms with van der Waals surface area (Å²) in [4.78, 5) is 0. The van der Waals surface area contributed by atoms with Crippen LogP contribution in [-0.2, 0) is 12.8 Å². The van der Waals surface area contributed by atoms with Crippen molar-refractivity contribution < 1.29 is 4.39 Å². The molecule has 1 aliphatic carbocycles. The number of halogens is 1. The van der Waals surface area contributed by atoms with Gasteiger partial charge in [-0.25, -0.2) is 4.39 Å². The molecule has 0 unspecified atom stereocenters. The second-order valence-corrected chi connectivity index (χ2v) is 6.19. The molecule has 1 nitrogen and oxygen atoms in total. The molecule has 0 spiro atoms. The lowest BCUT2D eigenvalue weighted by molar-refractivity contribution is 0.611. The van der Waals surface area contributed by atoms with Crippen LogP contribution in [0, 0.1) is 5.82 Å². The predicted octanol–water partition coefficient (Wildman–Crippen LogP) is 4.11. The van der Waals surface area contributed by atoms with Gasteiger partial charge in [-0.1, -0.05) is 35.9 Å². The summed E-state index contributed by atoms with van der Waals surface area (Å²) in [6.07, 6.45) is 4.13. The average molecular weight is 293 g/mol. The summed E-state index contributed by atoms with van der Waals surface area (Å²) < 4.78 is 13.9. The molecule has 4 rings (SSSR count). The summed E-state index contributed by atoms with van der Waals surface area (Å²) in [5.41, 5.74) is 7.86. The fourth-order valence-electron chi connectivity index (χ4n) is 3.76. The van der Waals surface area contributed by atoms with E-state index in [4.69, 9.17) is 0 Å². The van der Waals surface area contributed by atoms with Gasteiger partial charge in [-0.2, -0.15) is 0 Å². The molecule has 22 heavy (non-hydrogen) atoms. The first-order valence-electron chi connectivity index (χ1n) is 8.13. The summed E-state index contributed by atoms with van der Waals surface area (Å²) >= 11 is 0. The van der Waals surface area contributed by atoms with Gasteiger partial charge in [0.2, 0.25) is 0 Å². The molecular formula is C20H20FN. The number of rotatable bonds is 0. The smallest absolute Gasteiger partial charge is 0.123 e. The molecule has 0 bridgehead atoms. The summed E-state index contributed by atoms with van der Waals surface area (Å²) in [6, 6.07) is 13.9. The Morgan fingerprint density at radius 1 is 0.773 bits per heavy atom. The number of nitrogens with one attached hydrogen (secondary N) is 1. The Morgan fingerprint density at radius 3 is 2.32 bits per heavy atom. The van der Waals surface area contributed by atoms with Gasteiger partial charge in [0.15, 0.2) is 0 Å². The van der Waals surface area contributed by atoms with E-state index in [0.29, 0.717) is 0 Å². The van der Waals surface area contributed by atoms with Crippen LogP contribution >= 0.6 is 0 Å². The SMILES string of the molecule is Fc1ccc2c(c1)C(=C1CCNCC1)c1ccccc1CC2. The van der Waals surface area contributed by atoms with Crippen LogP contribution in [0.25, 0.3) is 5.57 Å². The number of aryl methyl sites for hydroxylation is 2. The maximum Gasteiger partial charge on any atom is 0.123 e. The molecular weight excluding hydrogens is 273 g/mol. The standard InChI is InChI=1S/C20H20FN/c21-17-8-7-15-6-5-14-3-1-2-4-18(14)20(19(15)13-17)16-9-11-22-12-10-16/h1-4,7-8,13,22H,5-6,9-12H2. The zero-order valence-corrected chi connectivity index (χ0v) is 12.7. The Kier molecular flexibility index (Phi) is 3.55. The van der Waals surface area contributed by atoms with E-state index < -0.39 is 0 Å². The van der Waals surface area contributed by atoms with E-state index in [9.17, 15) is 4.39 Å². The summed E-state index contributed by atoms with van der Waals surface area (Å²) in [7, 11) is 0. The minimum Gasteiger partial charge on any atom is -0.316 e. The Labute approximate surface area is 130 Å². The molecule has 0 radical (unpaired) electrons. The van der Waals surface area contributed by atoms with Gasteiger partial charge in [-0.3, -0.25) is 0 Å². The zero-order valence-electron chi connectivity index (χ0n) is 12.7. The van der Waals surface area contributed by atoms with Crippen LogP contribution in [0.1, 0.15) is 35.1 Å². The van der Waals surface area contributed by atoms with Gasteiger partial charge in [-0.15, -0.1) is 0 Å². The highest BCUT2D eigenvalue weighted by Gasteiger charge is 2.22. The molecule has 0 aromatic heterocycles. The largest absolute Gasteiger partial charge is 0.316 e. The minimum absolute atomic E-state index is 0.134. The summed E-state index contributed by atoms with van der Waals surface area (Å²) in [5.74, 6) is -0.134. The average Bonchev–Trinajstić information content (AvgIpc) is 2.72. The fourth-order valence-corrected chi connectivity index (χ4v) is 3.76. The van der Waals surface area contributed by atoms with Crippen molar-refractivity contribution >= 4 is 5.57 Å². The summed E-state index contributed by atoms with van der Waals surface area (Å²) in [5, 5.41) is 3.42. The van der Waals surface area contributed by atoms with Crippen molar-refractivity contribution in [1.82, 2.24) is 5.32 Å². The van der Waals surface area contributed by atoms with Crippen molar-refractivity contribution in [3.63, 3.8) is 0 Å². The molecule has 1 saturated heterocycles. The molecule has 0 atom stereocenters. The fraction of sp³-hybridized carbons (Fsp3) is 0.300. The molecule has 112 valence electrons. The van der Waals surface area contributed by atoms with Crippen molar-refractivity contribution in [2.75, 3.05) is 13.1 Å². The molecule has 2 aromatic rings. The lowest BCUT2D eigenvalue weighted by Gasteiger charge is -2.22. The summed E-state index contributed by atoms with van der Waals surface area (Å²) in [6.45, 7) is 2.04. The molecule has 1 fully saturated rings. The highest BCUT2D eigenvalue weighted by Crippen LogP contribution is 2.38. The third-order valence-electron chi connectivity index (χ3n) is 4.85. The molecule has 2 aromatic carbocycles. The lowest BCUT2D eigenvalue weighted by Crippen LogP contribution is -2.24. The first-order chi connectivity index (χ1) is 10.8. The van der Waals surface area contributed by atoms with Crippen LogP contribution in [-0.4, -0.2) is 13.1 Å². The zero-order chi connectivity index (χ0) is 14.9. The normalized spacial score (nSPS) is 17.7. The Morgan fingerprint density at radius 2 is 1.50 bits per heavy atom. The number of benzene rings is 2. The van der Waals surface area contributed by atoms with Gasteiger partial charge >= 0.3 is 0 Å². The van der Waals surface area contributed by atoms with Gasteiger partial charge in [0, 0.05) is 0 Å². The van der Waals surface area contributed by atoms with E-state index in [1.54, 1.807) is 12.1 Å². The van der Waals surface area contributed by atoms with Crippen molar-refractivity contribution in [2.45, 2.75) is 25.7 Å². The molecule has 2 aliphatic rings. The molecule has 2 heteroatoms. The van der Waals surface area contributed by atoms with Crippen LogP contribution in [0.4, 0.5) is 4.39 Å². The third-order valence-corrected chi connectivity index (χ3v) is 4.85. The highest BCUT2D eigenvalue weighted by molar-refractivity contribution is 5.86. The minimum atomic E-state index is -0.134. The second kappa shape index (κ2) is 5.69. The first-order valence-corrected chi connectivity index (χ1v) is 8.13. The van der Waals surface area contributed by atoms with Crippen LogP contribution in [0.3, 0.4) is 0 Å². The van der Waals surface area contributed by atoms with Crippen molar-refractivity contribution in [3.8, 4) is 0 Å². The van der Waals surface area contributed by atoms with E-state index in [-0.39, 0.29) is 5.82 Å². The number of hydrogen-bond donors (Lipinski definition) is 1. The van der Waals surface area contributed by atoms with Gasteiger partial charge in [0.25, 0.3) is 0 Å². The highest BCUT2D eigenvalue weighted by atomic mass is 19.1. The Hall–Kier alpha value is -1.93. The van der Waals surface area contributed by atoms with E-state index >= 15 is 0 Å². The lowest BCUT2D eigenvalue weighted by atomic mass is 9.86. The Bertz CT molecular complexity index is 737. The van der Waals surface area contributed by atoms with Gasteiger partial charge in [0.05, 0.1) is 0 Å². The molecule has 0 saturated carbocycles. The molecule has 1 aliphatic heterocycles. The molecule has 1 N–H and O–H groups in total. The van der Waals surface area contributed by atoms with Crippen LogP contribution in [0.5, 0.6) is 0 Å². The third kappa shape index (κ3) is 2.38. The number of hydrogen-bond acceptors (Lipinski definition) is 1. The maximum atomic E-state index is 13.9. The van der Waals surface area contributed by atoms with Gasteiger partial charge in [-0.05, 0) is 78.7 Å². The number of piperidine rings is 1. The molecule has 0 amide bonds. The second-order valence-electron chi connectivity index (χ2n) is 6.19. The van der Waals surface area contributed by atoms with E-state index in [1.165, 1.54) is 27.8 Å². The van der Waals surface area contributed by atoms with Crippen LogP contribution in [0.15, 0.2) is 48.0 Å². The van der Waals surface area contributed by atoms with Crippen molar-refractivity contribution in [2.24, 2.45) is 0 Å². The van der Waals surface area contributed by atoms with E-state index in [2.05, 4.69) is 29.6 Å². The van der Waals surface area contributed by atoms with E-state index in [0.717, 1.165) is 44.3 Å². The van der Waals surface area contributed by atoms with Gasteiger partial charge in [0.1, 0.15) is 5.82 Å². The molecule has 1 heterocycles. The number of fused-ring (bicyclic) bond motifs is 2. The van der Waals surface area contributed by atoms with Crippen LogP contribution in [0.2, 0.25) is 0 Å². The maximum absolute atomic E-state index is 13.9. The first kappa shape index (κ1) is 13.7. The monoisotopic (exact) mass is 293 g/mol. The van der Waals surface area contributed by atoms with Crippen molar-refractivity contribution in [3.05, 3.63) is 76.1 Å². The van der Waals surface area contributed by atoms with E-state index in [1.807, 2.05) is 6.07 Å². The Balaban J connectivity index is 1.99. The van der Waals surface area contributed by atoms with Crippen LogP contribution < -0.4 is 5.32 Å². The predicted molar refractivity (Wildman–Crippen MR) is 88.4 cm³/mol. The van der Waals surface area contributed by atoms with Gasteiger partial charge < -0.3 is 5.32 Å².